The van der Waals surface area contributed by atoms with Crippen molar-refractivity contribution in [2.45, 2.75) is 6.10 Å². The van der Waals surface area contributed by atoms with E-state index in [9.17, 15) is 5.11 Å². The number of anilines is 2. The zero-order valence-electron chi connectivity index (χ0n) is 15.1. The number of methoxy groups -OCH3 is 1. The first-order chi connectivity index (χ1) is 13.6. The molecular formula is C20H20ClN3O4. The Balaban J connectivity index is 1.69. The maximum absolute atomic E-state index is 9.53. The number of aromatic amines is 2. The van der Waals surface area contributed by atoms with Gasteiger partial charge >= 0.3 is 0 Å². The quantitative estimate of drug-likeness (QED) is 0.324. The number of halogens is 1. The lowest BCUT2D eigenvalue weighted by molar-refractivity contribution is 0.0528. The minimum atomic E-state index is -0.947. The fourth-order valence-electron chi connectivity index (χ4n) is 3.13. The van der Waals surface area contributed by atoms with E-state index < -0.39 is 6.10 Å². The van der Waals surface area contributed by atoms with Crippen molar-refractivity contribution in [3.8, 4) is 22.8 Å². The third-order valence-electron chi connectivity index (χ3n) is 4.49. The fourth-order valence-corrected chi connectivity index (χ4v) is 3.32. The fraction of sp³-hybridized carbons (Fsp3) is 0.200. The molecule has 1 aliphatic heterocycles. The lowest BCUT2D eigenvalue weighted by Gasteiger charge is -2.13. The van der Waals surface area contributed by atoms with Crippen LogP contribution in [-0.4, -0.2) is 46.8 Å². The number of ether oxygens (including phenoxy) is 2. The van der Waals surface area contributed by atoms with E-state index >= 15 is 0 Å². The lowest BCUT2D eigenvalue weighted by Crippen LogP contribution is -2.21. The molecule has 2 aromatic carbocycles. The van der Waals surface area contributed by atoms with Gasteiger partial charge in [0, 0.05) is 21.7 Å². The molecule has 5 N–H and O–H groups in total. The maximum Gasteiger partial charge on any atom is 0.161 e. The van der Waals surface area contributed by atoms with Gasteiger partial charge in [-0.1, -0.05) is 17.7 Å². The number of benzene rings is 2. The lowest BCUT2D eigenvalue weighted by atomic mass is 10.2. The van der Waals surface area contributed by atoms with E-state index in [0.29, 0.717) is 16.5 Å². The highest BCUT2D eigenvalue weighted by Gasteiger charge is 2.20. The van der Waals surface area contributed by atoms with Crippen molar-refractivity contribution < 1.29 is 19.7 Å². The van der Waals surface area contributed by atoms with Crippen molar-refractivity contribution in [3.05, 3.63) is 47.5 Å². The molecule has 0 spiro atoms. The molecule has 146 valence electrons. The molecule has 0 aromatic heterocycles. The summed E-state index contributed by atoms with van der Waals surface area (Å²) >= 11 is 6.06. The molecule has 0 bridgehead atoms. The van der Waals surface area contributed by atoms with Crippen LogP contribution in [0.2, 0.25) is 5.02 Å². The predicted molar refractivity (Wildman–Crippen MR) is 109 cm³/mol. The summed E-state index contributed by atoms with van der Waals surface area (Å²) in [7, 11) is 1.56. The smallest absolute Gasteiger partial charge is 0.161 e. The molecule has 28 heavy (non-hydrogen) atoms. The van der Waals surface area contributed by atoms with Crippen molar-refractivity contribution in [1.82, 2.24) is 10.2 Å². The van der Waals surface area contributed by atoms with Gasteiger partial charge in [-0.05, 0) is 41.8 Å². The predicted octanol–water partition coefficient (Wildman–Crippen LogP) is 3.74. The number of H-pyrrole nitrogens is 2. The van der Waals surface area contributed by atoms with Crippen molar-refractivity contribution in [2.75, 3.05) is 25.6 Å². The minimum absolute atomic E-state index is 0.0215. The average molecular weight is 402 g/mol. The summed E-state index contributed by atoms with van der Waals surface area (Å²) < 4.78 is 11.0. The van der Waals surface area contributed by atoms with Gasteiger partial charge in [0.25, 0.3) is 0 Å². The van der Waals surface area contributed by atoms with Crippen molar-refractivity contribution in [3.63, 3.8) is 0 Å². The maximum atomic E-state index is 9.53. The average Bonchev–Trinajstić information content (AvgIpc) is 3.24. The highest BCUT2D eigenvalue weighted by molar-refractivity contribution is 6.30. The van der Waals surface area contributed by atoms with Crippen LogP contribution in [0.15, 0.2) is 42.5 Å². The summed E-state index contributed by atoms with van der Waals surface area (Å²) in [5.74, 6) is 1.86. The molecule has 7 nitrogen and oxygen atoms in total. The third kappa shape index (κ3) is 3.47. The molecule has 1 atom stereocenters. The molecule has 0 saturated carbocycles. The van der Waals surface area contributed by atoms with Crippen molar-refractivity contribution >= 4 is 33.9 Å². The van der Waals surface area contributed by atoms with Gasteiger partial charge in [-0.3, -0.25) is 10.2 Å². The SMILES string of the molecule is COc1cc2c3[nH][nH]c(Nc4cccc(Cl)c4)c-3cc2cc1OCC(O)CO. The number of aromatic nitrogens is 2. The van der Waals surface area contributed by atoms with Crippen molar-refractivity contribution in [1.29, 1.82) is 0 Å². The van der Waals surface area contributed by atoms with E-state index in [1.807, 2.05) is 42.5 Å². The first kappa shape index (κ1) is 18.5. The summed E-state index contributed by atoms with van der Waals surface area (Å²) in [5, 5.41) is 30.7. The van der Waals surface area contributed by atoms with Gasteiger partial charge in [-0.15, -0.1) is 0 Å². The Hall–Kier alpha value is -2.87. The number of aliphatic hydroxyl groups excluding tert-OH is 2. The summed E-state index contributed by atoms with van der Waals surface area (Å²) in [4.78, 5) is 0. The molecule has 0 fully saturated rings. The van der Waals surface area contributed by atoms with E-state index in [-0.39, 0.29) is 13.2 Å². The minimum Gasteiger partial charge on any atom is -0.493 e. The monoisotopic (exact) mass is 401 g/mol. The first-order valence-corrected chi connectivity index (χ1v) is 9.12. The Morgan fingerprint density at radius 2 is 2.00 bits per heavy atom. The second-order valence-corrected chi connectivity index (χ2v) is 6.87. The number of rotatable bonds is 7. The summed E-state index contributed by atoms with van der Waals surface area (Å²) in [6.07, 6.45) is -0.947. The number of hydrogen-bond donors (Lipinski definition) is 5. The normalized spacial score (nSPS) is 12.4. The molecule has 1 heterocycles. The van der Waals surface area contributed by atoms with Crippen LogP contribution in [0.3, 0.4) is 0 Å². The van der Waals surface area contributed by atoms with Gasteiger partial charge in [-0.2, -0.15) is 0 Å². The van der Waals surface area contributed by atoms with E-state index in [4.69, 9.17) is 26.2 Å². The molecule has 4 rings (SSSR count). The Morgan fingerprint density at radius 1 is 1.14 bits per heavy atom. The van der Waals surface area contributed by atoms with Gasteiger partial charge in [0.2, 0.25) is 0 Å². The van der Waals surface area contributed by atoms with Crippen LogP contribution >= 0.6 is 11.6 Å². The summed E-state index contributed by atoms with van der Waals surface area (Å²) in [6, 6.07) is 13.2. The van der Waals surface area contributed by atoms with Crippen LogP contribution in [0.4, 0.5) is 11.5 Å². The Bertz CT molecular complexity index is 1070. The zero-order chi connectivity index (χ0) is 19.7. The molecule has 8 heteroatoms. The third-order valence-corrected chi connectivity index (χ3v) is 4.73. The van der Waals surface area contributed by atoms with Crippen molar-refractivity contribution in [2.24, 2.45) is 0 Å². The molecule has 0 saturated heterocycles. The van der Waals surface area contributed by atoms with Gasteiger partial charge in [0.05, 0.1) is 19.4 Å². The molecule has 0 radical (unpaired) electrons. The van der Waals surface area contributed by atoms with E-state index in [0.717, 1.165) is 33.5 Å². The van der Waals surface area contributed by atoms with E-state index in [1.54, 1.807) is 7.11 Å². The molecular weight excluding hydrogens is 382 g/mol. The zero-order valence-corrected chi connectivity index (χ0v) is 15.9. The number of nitrogens with one attached hydrogen (secondary N) is 3. The van der Waals surface area contributed by atoms with Gasteiger partial charge < -0.3 is 25.0 Å². The van der Waals surface area contributed by atoms with Crippen LogP contribution in [-0.2, 0) is 0 Å². The Kier molecular flexibility index (Phi) is 5.04. The largest absolute Gasteiger partial charge is 0.493 e. The topological polar surface area (TPSA) is 103 Å². The van der Waals surface area contributed by atoms with E-state index in [2.05, 4.69) is 15.5 Å². The van der Waals surface area contributed by atoms with Gasteiger partial charge in [0.15, 0.2) is 11.5 Å². The number of aliphatic hydroxyl groups is 2. The molecule has 0 amide bonds. The second-order valence-electron chi connectivity index (χ2n) is 6.43. The summed E-state index contributed by atoms with van der Waals surface area (Å²) in [6.45, 7) is -0.384. The molecule has 2 aromatic rings. The van der Waals surface area contributed by atoms with Crippen LogP contribution in [0.25, 0.3) is 22.0 Å². The van der Waals surface area contributed by atoms with Crippen LogP contribution in [0.5, 0.6) is 11.5 Å². The van der Waals surface area contributed by atoms with E-state index in [1.165, 1.54) is 0 Å². The van der Waals surface area contributed by atoms with Crippen LogP contribution < -0.4 is 14.8 Å². The number of hydrogen-bond acceptors (Lipinski definition) is 5. The number of fused-ring (bicyclic) bond motifs is 3. The van der Waals surface area contributed by atoms with Crippen LogP contribution in [0, 0.1) is 0 Å². The first-order valence-electron chi connectivity index (χ1n) is 8.74. The van der Waals surface area contributed by atoms with Crippen LogP contribution in [0.1, 0.15) is 0 Å². The Labute approximate surface area is 166 Å². The Morgan fingerprint density at radius 3 is 2.75 bits per heavy atom. The second kappa shape index (κ2) is 7.63. The highest BCUT2D eigenvalue weighted by Crippen LogP contribution is 2.43. The standard InChI is InChI=1S/C20H20ClN3O4/c1-27-17-8-15-11(6-18(17)28-10-14(26)9-25)5-16-19(15)23-24-20(16)22-13-4-2-3-12(21)7-13/h2-8,14,22-26H,9-10H2,1H3. The molecule has 1 aliphatic carbocycles. The summed E-state index contributed by atoms with van der Waals surface area (Å²) in [5.41, 5.74) is 2.78. The van der Waals surface area contributed by atoms with Gasteiger partial charge in [0.1, 0.15) is 18.5 Å². The molecule has 1 unspecified atom stereocenters. The molecule has 2 aliphatic rings. The highest BCUT2D eigenvalue weighted by atomic mass is 35.5. The van der Waals surface area contributed by atoms with Gasteiger partial charge in [-0.25, -0.2) is 0 Å².